The van der Waals surface area contributed by atoms with Crippen LogP contribution in [0.1, 0.15) is 10.4 Å². The molecule has 0 saturated carbocycles. The number of pyridine rings is 1. The van der Waals surface area contributed by atoms with E-state index in [0.29, 0.717) is 22.8 Å². The van der Waals surface area contributed by atoms with Gasteiger partial charge in [0.1, 0.15) is 11.3 Å². The maximum absolute atomic E-state index is 12.8. The molecule has 0 unspecified atom stereocenters. The Morgan fingerprint density at radius 1 is 1.00 bits per heavy atom. The standard InChI is InChI=1S/C22H18N4O2/c1-28-20-14-21(26-12-6-11-24-26)23-15-19(20)22(27)25-18-10-5-9-17(13-18)16-7-3-2-4-8-16/h2-15H,1H3,(H,25,27). The Bertz CT molecular complexity index is 1090. The topological polar surface area (TPSA) is 69.0 Å². The molecule has 0 aliphatic heterocycles. The van der Waals surface area contributed by atoms with Crippen molar-refractivity contribution in [3.05, 3.63) is 90.9 Å². The molecule has 0 saturated heterocycles. The third kappa shape index (κ3) is 3.61. The molecular formula is C22H18N4O2. The van der Waals surface area contributed by atoms with Gasteiger partial charge in [-0.25, -0.2) is 9.67 Å². The van der Waals surface area contributed by atoms with E-state index in [1.807, 2.05) is 54.6 Å². The Morgan fingerprint density at radius 3 is 2.57 bits per heavy atom. The highest BCUT2D eigenvalue weighted by Crippen LogP contribution is 2.25. The molecule has 2 heterocycles. The maximum atomic E-state index is 12.8. The Balaban J connectivity index is 1.59. The van der Waals surface area contributed by atoms with Gasteiger partial charge in [-0.15, -0.1) is 0 Å². The highest BCUT2D eigenvalue weighted by atomic mass is 16.5. The highest BCUT2D eigenvalue weighted by Gasteiger charge is 2.15. The van der Waals surface area contributed by atoms with Gasteiger partial charge in [0, 0.05) is 30.3 Å². The van der Waals surface area contributed by atoms with Gasteiger partial charge in [0.25, 0.3) is 5.91 Å². The lowest BCUT2D eigenvalue weighted by atomic mass is 10.1. The number of hydrogen-bond donors (Lipinski definition) is 1. The van der Waals surface area contributed by atoms with Gasteiger partial charge in [-0.05, 0) is 29.3 Å². The van der Waals surface area contributed by atoms with Crippen molar-refractivity contribution < 1.29 is 9.53 Å². The first-order valence-electron chi connectivity index (χ1n) is 8.75. The van der Waals surface area contributed by atoms with E-state index in [-0.39, 0.29) is 5.91 Å². The van der Waals surface area contributed by atoms with Crippen molar-refractivity contribution in [3.8, 4) is 22.7 Å². The number of nitrogens with zero attached hydrogens (tertiary/aromatic N) is 3. The number of amides is 1. The molecule has 138 valence electrons. The molecule has 0 radical (unpaired) electrons. The van der Waals surface area contributed by atoms with Crippen molar-refractivity contribution in [3.63, 3.8) is 0 Å². The lowest BCUT2D eigenvalue weighted by Crippen LogP contribution is -2.14. The van der Waals surface area contributed by atoms with Gasteiger partial charge in [-0.2, -0.15) is 5.10 Å². The van der Waals surface area contributed by atoms with Crippen LogP contribution in [0.3, 0.4) is 0 Å². The Labute approximate surface area is 162 Å². The van der Waals surface area contributed by atoms with Gasteiger partial charge in [-0.3, -0.25) is 4.79 Å². The quantitative estimate of drug-likeness (QED) is 0.572. The van der Waals surface area contributed by atoms with Crippen LogP contribution >= 0.6 is 0 Å². The zero-order valence-electron chi connectivity index (χ0n) is 15.2. The number of carbonyl (C=O) groups is 1. The number of carbonyl (C=O) groups excluding carboxylic acids is 1. The fraction of sp³-hybridized carbons (Fsp3) is 0.0455. The molecule has 0 spiro atoms. The first-order valence-corrected chi connectivity index (χ1v) is 8.75. The summed E-state index contributed by atoms with van der Waals surface area (Å²) in [6.07, 6.45) is 4.93. The fourth-order valence-corrected chi connectivity index (χ4v) is 2.90. The zero-order chi connectivity index (χ0) is 19.3. The number of hydrogen-bond acceptors (Lipinski definition) is 4. The van der Waals surface area contributed by atoms with Crippen LogP contribution in [0.4, 0.5) is 5.69 Å². The lowest BCUT2D eigenvalue weighted by Gasteiger charge is -2.11. The molecule has 28 heavy (non-hydrogen) atoms. The summed E-state index contributed by atoms with van der Waals surface area (Å²) in [6.45, 7) is 0. The second-order valence-corrected chi connectivity index (χ2v) is 6.09. The van der Waals surface area contributed by atoms with Crippen LogP contribution < -0.4 is 10.1 Å². The second kappa shape index (κ2) is 7.75. The normalized spacial score (nSPS) is 10.5. The summed E-state index contributed by atoms with van der Waals surface area (Å²) in [5.41, 5.74) is 3.16. The molecule has 6 nitrogen and oxygen atoms in total. The number of ether oxygens (including phenoxy) is 1. The Kier molecular flexibility index (Phi) is 4.84. The molecule has 2 aromatic heterocycles. The van der Waals surface area contributed by atoms with Gasteiger partial charge in [0.2, 0.25) is 0 Å². The Hall–Kier alpha value is -3.93. The molecule has 0 bridgehead atoms. The van der Waals surface area contributed by atoms with Crippen molar-refractivity contribution in [2.45, 2.75) is 0 Å². The van der Waals surface area contributed by atoms with Crippen LogP contribution in [0, 0.1) is 0 Å². The van der Waals surface area contributed by atoms with Crippen molar-refractivity contribution in [2.24, 2.45) is 0 Å². The van der Waals surface area contributed by atoms with E-state index in [4.69, 9.17) is 4.74 Å². The van der Waals surface area contributed by atoms with Gasteiger partial charge < -0.3 is 10.1 Å². The molecule has 0 aliphatic carbocycles. The van der Waals surface area contributed by atoms with E-state index in [2.05, 4.69) is 15.4 Å². The molecular weight excluding hydrogens is 352 g/mol. The summed E-state index contributed by atoms with van der Waals surface area (Å²) in [6, 6.07) is 21.2. The number of rotatable bonds is 5. The van der Waals surface area contributed by atoms with Crippen molar-refractivity contribution >= 4 is 11.6 Å². The molecule has 4 aromatic rings. The van der Waals surface area contributed by atoms with Gasteiger partial charge in [-0.1, -0.05) is 42.5 Å². The van der Waals surface area contributed by atoms with Crippen molar-refractivity contribution in [1.29, 1.82) is 0 Å². The fourth-order valence-electron chi connectivity index (χ4n) is 2.90. The van der Waals surface area contributed by atoms with Crippen LogP contribution in [0.15, 0.2) is 85.3 Å². The molecule has 1 N–H and O–H groups in total. The molecule has 0 aliphatic rings. The van der Waals surface area contributed by atoms with E-state index in [1.165, 1.54) is 13.3 Å². The third-order valence-corrected chi connectivity index (χ3v) is 4.28. The van der Waals surface area contributed by atoms with Crippen LogP contribution in [-0.4, -0.2) is 27.8 Å². The van der Waals surface area contributed by atoms with Crippen molar-refractivity contribution in [2.75, 3.05) is 12.4 Å². The molecule has 2 aromatic carbocycles. The molecule has 1 amide bonds. The molecule has 6 heteroatoms. The molecule has 4 rings (SSSR count). The van der Waals surface area contributed by atoms with E-state index >= 15 is 0 Å². The summed E-state index contributed by atoms with van der Waals surface area (Å²) >= 11 is 0. The zero-order valence-corrected chi connectivity index (χ0v) is 15.2. The smallest absolute Gasteiger partial charge is 0.261 e. The summed E-state index contributed by atoms with van der Waals surface area (Å²) in [5, 5.41) is 7.06. The SMILES string of the molecule is COc1cc(-n2cccn2)ncc1C(=O)Nc1cccc(-c2ccccc2)c1. The minimum absolute atomic E-state index is 0.290. The number of benzene rings is 2. The lowest BCUT2D eigenvalue weighted by molar-refractivity contribution is 0.102. The minimum Gasteiger partial charge on any atom is -0.496 e. The van der Waals surface area contributed by atoms with E-state index < -0.39 is 0 Å². The van der Waals surface area contributed by atoms with Gasteiger partial charge >= 0.3 is 0 Å². The maximum Gasteiger partial charge on any atom is 0.261 e. The predicted octanol–water partition coefficient (Wildman–Crippen LogP) is 4.20. The van der Waals surface area contributed by atoms with E-state index in [1.54, 1.807) is 29.2 Å². The van der Waals surface area contributed by atoms with Crippen LogP contribution in [-0.2, 0) is 0 Å². The summed E-state index contributed by atoms with van der Waals surface area (Å²) in [7, 11) is 1.52. The van der Waals surface area contributed by atoms with Crippen molar-refractivity contribution in [1.82, 2.24) is 14.8 Å². The minimum atomic E-state index is -0.290. The van der Waals surface area contributed by atoms with E-state index in [9.17, 15) is 4.79 Å². The number of anilines is 1. The van der Waals surface area contributed by atoms with Gasteiger partial charge in [0.05, 0.1) is 7.11 Å². The van der Waals surface area contributed by atoms with Crippen LogP contribution in [0.5, 0.6) is 5.75 Å². The number of aromatic nitrogens is 3. The average molecular weight is 370 g/mol. The summed E-state index contributed by atoms with van der Waals surface area (Å²) < 4.78 is 7.00. The third-order valence-electron chi connectivity index (χ3n) is 4.28. The largest absolute Gasteiger partial charge is 0.496 e. The highest BCUT2D eigenvalue weighted by molar-refractivity contribution is 6.06. The summed E-state index contributed by atoms with van der Waals surface area (Å²) in [5.74, 6) is 0.711. The summed E-state index contributed by atoms with van der Waals surface area (Å²) in [4.78, 5) is 17.1. The van der Waals surface area contributed by atoms with Gasteiger partial charge in [0.15, 0.2) is 5.82 Å². The number of nitrogens with one attached hydrogen (secondary N) is 1. The first kappa shape index (κ1) is 17.5. The van der Waals surface area contributed by atoms with Crippen LogP contribution in [0.25, 0.3) is 16.9 Å². The predicted molar refractivity (Wildman–Crippen MR) is 108 cm³/mol. The van der Waals surface area contributed by atoms with Crippen LogP contribution in [0.2, 0.25) is 0 Å². The van der Waals surface area contributed by atoms with E-state index in [0.717, 1.165) is 11.1 Å². The second-order valence-electron chi connectivity index (χ2n) is 6.09. The average Bonchev–Trinajstić information content (AvgIpc) is 3.29. The monoisotopic (exact) mass is 370 g/mol. The molecule has 0 fully saturated rings. The number of methoxy groups -OCH3 is 1. The first-order chi connectivity index (χ1) is 13.7. The molecule has 0 atom stereocenters. The Morgan fingerprint density at radius 2 is 1.82 bits per heavy atom.